The van der Waals surface area contributed by atoms with Gasteiger partial charge in [-0.25, -0.2) is 4.98 Å². The topological polar surface area (TPSA) is 84.2 Å². The van der Waals surface area contributed by atoms with Crippen molar-refractivity contribution >= 4 is 17.0 Å². The molecule has 0 saturated carbocycles. The fourth-order valence-corrected chi connectivity index (χ4v) is 4.13. The molecule has 0 bridgehead atoms. The second-order valence-corrected chi connectivity index (χ2v) is 7.28. The Morgan fingerprint density at radius 2 is 2.15 bits per heavy atom. The smallest absolute Gasteiger partial charge is 0.270 e. The number of nitrogens with zero attached hydrogens (tertiary/aromatic N) is 4. The second kappa shape index (κ2) is 7.91. The minimum absolute atomic E-state index is 0.0871. The fourth-order valence-electron chi connectivity index (χ4n) is 3.32. The molecule has 0 aliphatic carbocycles. The first-order chi connectivity index (χ1) is 13.2. The van der Waals surface area contributed by atoms with Gasteiger partial charge in [0.15, 0.2) is 0 Å². The highest BCUT2D eigenvalue weighted by molar-refractivity contribution is 7.13. The molecule has 7 nitrogen and oxygen atoms in total. The average molecular weight is 381 g/mol. The van der Waals surface area contributed by atoms with Gasteiger partial charge in [0.1, 0.15) is 5.01 Å². The molecule has 4 rings (SSSR count). The lowest BCUT2D eigenvalue weighted by Gasteiger charge is -2.36. The van der Waals surface area contributed by atoms with E-state index in [2.05, 4.69) is 27.3 Å². The van der Waals surface area contributed by atoms with Crippen LogP contribution in [0.4, 0.5) is 5.69 Å². The standard InChI is InChI=1S/C19H19N5O2S/c25-24(26)17-3-1-2-15(10-17)19-22-16(13-27-19)12-23-9-8-21-11-18(23)14-4-6-20-7-5-14/h1-7,10,13,18,21H,8-9,11-12H2. The van der Waals surface area contributed by atoms with Crippen LogP contribution in [-0.4, -0.2) is 39.4 Å². The molecular weight excluding hydrogens is 362 g/mol. The van der Waals surface area contributed by atoms with Crippen molar-refractivity contribution in [1.29, 1.82) is 0 Å². The number of hydrogen-bond donors (Lipinski definition) is 1. The van der Waals surface area contributed by atoms with Crippen molar-refractivity contribution in [3.63, 3.8) is 0 Å². The van der Waals surface area contributed by atoms with E-state index in [4.69, 9.17) is 4.98 Å². The first-order valence-corrected chi connectivity index (χ1v) is 9.62. The Labute approximate surface area is 160 Å². The summed E-state index contributed by atoms with van der Waals surface area (Å²) in [5, 5.41) is 17.3. The molecule has 1 atom stereocenters. The van der Waals surface area contributed by atoms with Crippen molar-refractivity contribution in [3.05, 3.63) is 75.5 Å². The number of nitro groups is 1. The molecule has 1 unspecified atom stereocenters. The molecule has 3 aromatic rings. The lowest BCUT2D eigenvalue weighted by molar-refractivity contribution is -0.384. The predicted molar refractivity (Wildman–Crippen MR) is 104 cm³/mol. The van der Waals surface area contributed by atoms with Crippen molar-refractivity contribution in [1.82, 2.24) is 20.2 Å². The molecular formula is C19H19N5O2S. The van der Waals surface area contributed by atoms with Crippen molar-refractivity contribution in [2.75, 3.05) is 19.6 Å². The van der Waals surface area contributed by atoms with E-state index in [9.17, 15) is 10.1 Å². The van der Waals surface area contributed by atoms with E-state index in [-0.39, 0.29) is 16.7 Å². The highest BCUT2D eigenvalue weighted by Crippen LogP contribution is 2.29. The van der Waals surface area contributed by atoms with Gasteiger partial charge in [-0.1, -0.05) is 12.1 Å². The molecule has 0 radical (unpaired) electrons. The molecule has 1 aromatic carbocycles. The Bertz CT molecular complexity index is 931. The van der Waals surface area contributed by atoms with E-state index < -0.39 is 0 Å². The van der Waals surface area contributed by atoms with Gasteiger partial charge in [-0.3, -0.25) is 20.0 Å². The number of thiazole rings is 1. The monoisotopic (exact) mass is 381 g/mol. The fraction of sp³-hybridized carbons (Fsp3) is 0.263. The minimum atomic E-state index is -0.377. The molecule has 1 N–H and O–H groups in total. The number of piperazine rings is 1. The first-order valence-electron chi connectivity index (χ1n) is 8.74. The highest BCUT2D eigenvalue weighted by Gasteiger charge is 2.24. The SMILES string of the molecule is O=[N+]([O-])c1cccc(-c2nc(CN3CCNCC3c3ccncc3)cs2)c1. The first kappa shape index (κ1) is 17.7. The van der Waals surface area contributed by atoms with E-state index in [0.717, 1.165) is 42.4 Å². The summed E-state index contributed by atoms with van der Waals surface area (Å²) in [6.07, 6.45) is 3.65. The molecule has 1 aliphatic rings. The Morgan fingerprint density at radius 3 is 2.96 bits per heavy atom. The van der Waals surface area contributed by atoms with Gasteiger partial charge in [0.25, 0.3) is 5.69 Å². The van der Waals surface area contributed by atoms with Crippen molar-refractivity contribution in [2.45, 2.75) is 12.6 Å². The van der Waals surface area contributed by atoms with Crippen LogP contribution >= 0.6 is 11.3 Å². The third-order valence-electron chi connectivity index (χ3n) is 4.67. The summed E-state index contributed by atoms with van der Waals surface area (Å²) in [6, 6.07) is 11.0. The summed E-state index contributed by atoms with van der Waals surface area (Å²) < 4.78 is 0. The van der Waals surface area contributed by atoms with Crippen LogP contribution in [-0.2, 0) is 6.54 Å². The van der Waals surface area contributed by atoms with Gasteiger partial charge in [0.05, 0.1) is 10.6 Å². The molecule has 1 aliphatic heterocycles. The summed E-state index contributed by atoms with van der Waals surface area (Å²) in [7, 11) is 0. The molecule has 3 heterocycles. The predicted octanol–water partition coefficient (Wildman–Crippen LogP) is 3.26. The molecule has 0 amide bonds. The number of hydrogen-bond acceptors (Lipinski definition) is 7. The van der Waals surface area contributed by atoms with Gasteiger partial charge < -0.3 is 5.32 Å². The lowest BCUT2D eigenvalue weighted by atomic mass is 10.0. The van der Waals surface area contributed by atoms with Crippen molar-refractivity contribution in [3.8, 4) is 10.6 Å². The van der Waals surface area contributed by atoms with Gasteiger partial charge in [-0.15, -0.1) is 11.3 Å². The minimum Gasteiger partial charge on any atom is -0.314 e. The van der Waals surface area contributed by atoms with Gasteiger partial charge in [-0.2, -0.15) is 0 Å². The van der Waals surface area contributed by atoms with Gasteiger partial charge in [0.2, 0.25) is 0 Å². The van der Waals surface area contributed by atoms with E-state index >= 15 is 0 Å². The van der Waals surface area contributed by atoms with Crippen LogP contribution in [0.1, 0.15) is 17.3 Å². The summed E-state index contributed by atoms with van der Waals surface area (Å²) >= 11 is 1.52. The molecule has 138 valence electrons. The number of nitro benzene ring substituents is 1. The largest absolute Gasteiger partial charge is 0.314 e. The average Bonchev–Trinajstić information content (AvgIpc) is 3.18. The van der Waals surface area contributed by atoms with Crippen LogP contribution in [0.3, 0.4) is 0 Å². The van der Waals surface area contributed by atoms with Crippen LogP contribution in [0, 0.1) is 10.1 Å². The Morgan fingerprint density at radius 1 is 1.30 bits per heavy atom. The Balaban J connectivity index is 1.53. The third-order valence-corrected chi connectivity index (χ3v) is 5.61. The zero-order valence-corrected chi connectivity index (χ0v) is 15.4. The summed E-state index contributed by atoms with van der Waals surface area (Å²) in [5.41, 5.74) is 3.10. The number of aromatic nitrogens is 2. The lowest BCUT2D eigenvalue weighted by Crippen LogP contribution is -2.45. The molecule has 27 heavy (non-hydrogen) atoms. The maximum Gasteiger partial charge on any atom is 0.270 e. The van der Waals surface area contributed by atoms with E-state index in [1.165, 1.54) is 23.0 Å². The zero-order valence-electron chi connectivity index (χ0n) is 14.6. The molecule has 0 spiro atoms. The molecule has 8 heteroatoms. The van der Waals surface area contributed by atoms with Crippen molar-refractivity contribution in [2.24, 2.45) is 0 Å². The maximum atomic E-state index is 11.0. The second-order valence-electron chi connectivity index (χ2n) is 6.42. The molecule has 1 saturated heterocycles. The van der Waals surface area contributed by atoms with Crippen LogP contribution in [0.15, 0.2) is 54.2 Å². The van der Waals surface area contributed by atoms with E-state index in [1.54, 1.807) is 12.1 Å². The van der Waals surface area contributed by atoms with E-state index in [0.29, 0.717) is 0 Å². The normalized spacial score (nSPS) is 17.7. The van der Waals surface area contributed by atoms with Crippen LogP contribution in [0.25, 0.3) is 10.6 Å². The third kappa shape index (κ3) is 4.02. The van der Waals surface area contributed by atoms with Gasteiger partial charge in [-0.05, 0) is 17.7 Å². The quantitative estimate of drug-likeness (QED) is 0.539. The zero-order chi connectivity index (χ0) is 18.6. The highest BCUT2D eigenvalue weighted by atomic mass is 32.1. The summed E-state index contributed by atoms with van der Waals surface area (Å²) in [6.45, 7) is 3.53. The molecule has 1 fully saturated rings. The number of non-ortho nitro benzene ring substituents is 1. The summed E-state index contributed by atoms with van der Waals surface area (Å²) in [5.74, 6) is 0. The number of pyridine rings is 1. The maximum absolute atomic E-state index is 11.0. The summed E-state index contributed by atoms with van der Waals surface area (Å²) in [4.78, 5) is 21.9. The van der Waals surface area contributed by atoms with Crippen molar-refractivity contribution < 1.29 is 4.92 Å². The number of rotatable bonds is 5. The van der Waals surface area contributed by atoms with Crippen LogP contribution < -0.4 is 5.32 Å². The number of nitrogens with one attached hydrogen (secondary N) is 1. The van der Waals surface area contributed by atoms with Gasteiger partial charge in [0, 0.05) is 67.7 Å². The Hall–Kier alpha value is -2.68. The van der Waals surface area contributed by atoms with E-state index in [1.807, 2.05) is 23.8 Å². The number of benzene rings is 1. The molecule has 2 aromatic heterocycles. The van der Waals surface area contributed by atoms with Crippen LogP contribution in [0.5, 0.6) is 0 Å². The Kier molecular flexibility index (Phi) is 5.19. The van der Waals surface area contributed by atoms with Gasteiger partial charge >= 0.3 is 0 Å². The van der Waals surface area contributed by atoms with Crippen LogP contribution in [0.2, 0.25) is 0 Å².